The van der Waals surface area contributed by atoms with Crippen molar-refractivity contribution in [3.63, 3.8) is 0 Å². The lowest BCUT2D eigenvalue weighted by atomic mass is 9.99. The number of quaternary nitrogens is 1. The van der Waals surface area contributed by atoms with E-state index in [0.29, 0.717) is 76.4 Å². The van der Waals surface area contributed by atoms with Crippen molar-refractivity contribution in [2.75, 3.05) is 44.4 Å². The van der Waals surface area contributed by atoms with Gasteiger partial charge in [0.2, 0.25) is 59.1 Å². The maximum Gasteiger partial charge on any atom is 0.430 e. The minimum Gasteiger partial charge on any atom is -0.542 e. The molecule has 0 radical (unpaired) electrons. The quantitative estimate of drug-likeness (QED) is 0.0243. The van der Waals surface area contributed by atoms with Crippen LogP contribution in [0.5, 0.6) is 0 Å². The zero-order valence-corrected chi connectivity index (χ0v) is 68.0. The number of urea groups is 2. The molecule has 0 aliphatic carbocycles. The van der Waals surface area contributed by atoms with Crippen molar-refractivity contribution >= 4 is 117 Å². The second-order valence-corrected chi connectivity index (χ2v) is 29.7. The van der Waals surface area contributed by atoms with Gasteiger partial charge in [0.1, 0.15) is 66.4 Å². The Bertz CT molecular complexity index is 4480. The maximum atomic E-state index is 15.4. The predicted octanol–water partition coefficient (Wildman–Crippen LogP) is 1.57. The van der Waals surface area contributed by atoms with Crippen LogP contribution >= 0.6 is 11.6 Å². The van der Waals surface area contributed by atoms with Crippen LogP contribution < -0.4 is 85.3 Å². The number of pyridine rings is 1. The Morgan fingerprint density at radius 3 is 1.41 bits per heavy atom. The maximum absolute atomic E-state index is 15.4. The number of carboxylic acid groups (broad SMARTS) is 1. The Balaban J connectivity index is 0.00000300. The fraction of sp³-hybridized carbons (Fsp3) is 0.427. The van der Waals surface area contributed by atoms with Gasteiger partial charge in [0.25, 0.3) is 0 Å². The number of nitrogens with zero attached hydrogens (tertiary/aromatic N) is 2. The first-order valence-corrected chi connectivity index (χ1v) is 39.1. The molecule has 642 valence electrons. The van der Waals surface area contributed by atoms with Gasteiger partial charge >= 0.3 is 24.1 Å². The summed E-state index contributed by atoms with van der Waals surface area (Å²) >= 11 is 6.27. The number of amides is 15. The van der Waals surface area contributed by atoms with Gasteiger partial charge in [0, 0.05) is 94.5 Å². The van der Waals surface area contributed by atoms with Gasteiger partial charge in [-0.25, -0.2) is 14.4 Å². The molecule has 18 N–H and O–H groups in total. The molecule has 7 rings (SSSR count). The first-order chi connectivity index (χ1) is 56.4. The van der Waals surface area contributed by atoms with E-state index in [9.17, 15) is 71.0 Å². The molecule has 37 heteroatoms. The zero-order chi connectivity index (χ0) is 87.6. The molecule has 1 saturated heterocycles. The molecule has 10 atom stereocenters. The Morgan fingerprint density at radius 2 is 0.966 bits per heavy atom. The van der Waals surface area contributed by atoms with Crippen molar-refractivity contribution in [1.82, 2.24) is 73.7 Å². The Morgan fingerprint density at radius 1 is 0.538 bits per heavy atom. The predicted molar refractivity (Wildman–Crippen MR) is 433 cm³/mol. The molecule has 1 aliphatic rings. The number of alkyl halides is 3. The number of aliphatic hydroxyl groups is 1. The van der Waals surface area contributed by atoms with Crippen LogP contribution in [0.3, 0.4) is 0 Å². The number of nitrogens with one attached hydrogen (secondary N) is 14. The molecule has 1 aromatic heterocycles. The van der Waals surface area contributed by atoms with Crippen molar-refractivity contribution in [2.24, 2.45) is 5.92 Å². The van der Waals surface area contributed by atoms with Crippen LogP contribution in [-0.4, -0.2) is 204 Å². The first kappa shape index (κ1) is 95.7. The Hall–Kier alpha value is -12.1. The normalized spacial score (nSPS) is 14.7. The number of carbonyl (C=O) groups is 14. The van der Waals surface area contributed by atoms with Crippen molar-refractivity contribution in [1.29, 1.82) is 0 Å². The van der Waals surface area contributed by atoms with Gasteiger partial charge in [-0.15, -0.1) is 0 Å². The van der Waals surface area contributed by atoms with Crippen molar-refractivity contribution < 1.29 is 96.2 Å². The average molecular weight is 1680 g/mol. The molecule has 33 nitrogen and oxygen atoms in total. The summed E-state index contributed by atoms with van der Waals surface area (Å²) in [5, 5.41) is 60.3. The highest BCUT2D eigenvalue weighted by molar-refractivity contribution is 6.30. The van der Waals surface area contributed by atoms with Gasteiger partial charge in [-0.2, -0.15) is 13.2 Å². The topological polar surface area (TPSA) is 494 Å². The number of likely N-dealkylation sites (tertiary alicyclic amines) is 1. The third-order valence-corrected chi connectivity index (χ3v) is 19.2. The third-order valence-electron chi connectivity index (χ3n) is 18.9. The average Bonchev–Trinajstić information content (AvgIpc) is 1.78. The molecule has 5 aromatic carbocycles. The second kappa shape index (κ2) is 47.3. The fourth-order valence-electron chi connectivity index (χ4n) is 12.6. The van der Waals surface area contributed by atoms with Gasteiger partial charge in [-0.1, -0.05) is 124 Å². The van der Waals surface area contributed by atoms with Gasteiger partial charge in [-0.3, -0.25) is 58.7 Å². The lowest BCUT2D eigenvalue weighted by molar-refractivity contribution is -0.344. The third kappa shape index (κ3) is 32.4. The summed E-state index contributed by atoms with van der Waals surface area (Å²) in [4.78, 5) is 197. The smallest absolute Gasteiger partial charge is 0.430 e. The van der Waals surface area contributed by atoms with Crippen molar-refractivity contribution in [3.05, 3.63) is 173 Å². The lowest BCUT2D eigenvalue weighted by Crippen LogP contribution is -2.66. The molecule has 0 saturated carbocycles. The number of halogens is 4. The van der Waals surface area contributed by atoms with E-state index < -0.39 is 156 Å². The van der Waals surface area contributed by atoms with Crippen molar-refractivity contribution in [2.45, 2.75) is 185 Å². The van der Waals surface area contributed by atoms with Crippen LogP contribution in [0.25, 0.3) is 10.8 Å². The summed E-state index contributed by atoms with van der Waals surface area (Å²) in [6, 6.07) is 20.8. The van der Waals surface area contributed by atoms with Crippen LogP contribution in [-0.2, 0) is 89.6 Å². The van der Waals surface area contributed by atoms with Crippen LogP contribution in [0.4, 0.5) is 34.1 Å². The fourth-order valence-corrected chi connectivity index (χ4v) is 12.8. The molecular weight excluding hydrogens is 1570 g/mol. The number of aliphatic carboxylic acids is 1. The van der Waals surface area contributed by atoms with Crippen LogP contribution in [0, 0.1) is 5.92 Å². The number of unbranched alkanes of at least 4 members (excludes halogenated alkanes) is 1. The molecule has 0 spiro atoms. The minimum absolute atomic E-state index is 0.0156. The monoisotopic (exact) mass is 1680 g/mol. The summed E-state index contributed by atoms with van der Waals surface area (Å²) in [6.07, 6.45) is -1.28. The summed E-state index contributed by atoms with van der Waals surface area (Å²) < 4.78 is 31.5. The largest absolute Gasteiger partial charge is 0.542 e. The summed E-state index contributed by atoms with van der Waals surface area (Å²) in [5.41, 5.74) is 6.62. The van der Waals surface area contributed by atoms with E-state index in [-0.39, 0.29) is 63.5 Å². The number of aromatic nitrogens is 1. The number of aliphatic hydroxyl groups excluding tert-OH is 1. The van der Waals surface area contributed by atoms with Gasteiger partial charge in [0.05, 0.1) is 6.61 Å². The summed E-state index contributed by atoms with van der Waals surface area (Å²) in [7, 11) is 2.86. The van der Waals surface area contributed by atoms with E-state index >= 15 is 9.59 Å². The SMILES string of the molecule is CNC(=O)Nc1ccc(C[C@H](NC(=O)[C@H](CO)NC(=O)[C@@H](Cc2cccnc2)NC(=O)[C@@H](Cc2ccc(Cl)cc2)NC(=O)[C@@H](Cc2ccc3ccccc3c2)NC(C)=O)C(=O)N[C@H](Cc2ccc(NC(=O)NC)cc2)C(=O)N[C@@H](CC(C)C)C(=O)N[C@@H](CCCCNC(C)C)C(=O)N2CCC[C@H]2C(=O)N[C@H](C)C([NH3+])=O)cc1.O=C([O-])C(F)(F)F. The highest BCUT2D eigenvalue weighted by Crippen LogP contribution is 2.24. The van der Waals surface area contributed by atoms with Crippen molar-refractivity contribution in [3.8, 4) is 0 Å². The van der Waals surface area contributed by atoms with E-state index in [2.05, 4.69) is 85.2 Å². The number of rotatable bonds is 40. The van der Waals surface area contributed by atoms with Crippen LogP contribution in [0.15, 0.2) is 140 Å². The molecule has 0 bridgehead atoms. The highest BCUT2D eigenvalue weighted by Gasteiger charge is 2.41. The Labute approximate surface area is 691 Å². The number of hydrogen-bond acceptors (Lipinski definition) is 18. The first-order valence-electron chi connectivity index (χ1n) is 38.7. The van der Waals surface area contributed by atoms with Crippen LogP contribution in [0.2, 0.25) is 5.02 Å². The van der Waals surface area contributed by atoms with Gasteiger partial charge in [0.15, 0.2) is 0 Å². The lowest BCUT2D eigenvalue weighted by Gasteiger charge is -2.31. The molecule has 1 fully saturated rings. The number of benzene rings is 5. The number of carboxylic acids is 1. The Kier molecular flexibility index (Phi) is 38.0. The van der Waals surface area contributed by atoms with E-state index in [4.69, 9.17) is 21.5 Å². The number of carbonyl (C=O) groups excluding carboxylic acids is 14. The van der Waals surface area contributed by atoms with Gasteiger partial charge in [-0.05, 0) is 139 Å². The minimum atomic E-state index is -5.19. The molecule has 6 aromatic rings. The molecule has 2 heterocycles. The number of fused-ring (bicyclic) bond motifs is 1. The molecule has 0 unspecified atom stereocenters. The summed E-state index contributed by atoms with van der Waals surface area (Å²) in [5.74, 6) is -11.8. The molecular formula is C82H105ClF3N17O16. The number of hydrogen-bond donors (Lipinski definition) is 16. The molecule has 15 amide bonds. The second-order valence-electron chi connectivity index (χ2n) is 29.3. The highest BCUT2D eigenvalue weighted by atomic mass is 35.5. The summed E-state index contributed by atoms with van der Waals surface area (Å²) in [6.45, 7) is 10.0. The molecule has 119 heavy (non-hydrogen) atoms. The van der Waals surface area contributed by atoms with E-state index in [1.54, 1.807) is 72.8 Å². The van der Waals surface area contributed by atoms with E-state index in [0.717, 1.165) is 10.8 Å². The molecule has 1 aliphatic heterocycles. The van der Waals surface area contributed by atoms with E-state index in [1.165, 1.54) is 57.4 Å². The van der Waals surface area contributed by atoms with Gasteiger partial charge < -0.3 is 94.3 Å². The van der Waals surface area contributed by atoms with Crippen LogP contribution in [0.1, 0.15) is 108 Å². The standard InChI is InChI=1S/C80H104ClN17O14.C2HF3O2/c1-46(2)37-61(70(102)91-60(18-11-12-35-86-47(3)4)78(110)98-36-14-19-68(98)77(109)87-48(5)69(82)101)92-72(104)64(40-51-23-30-58(31-24-51)89-79(111)83-7)94-74(106)65(41-52-25-32-59(33-26-52)90-80(112)84-8)96-76(108)67(45-99)97-75(107)66(43-54-15-13-34-85-44-54)95-73(105)63(39-50-21-28-57(81)29-22-50)93-71(103)62(88-49(6)100)42-53-20-27-55-16-9-10-17-56(55)38-53;3-2(4,5)1(6)7/h9-10,13,15-17,20-34,38,44,46-48,60-68,86,99H,11-12,14,18-19,35-37,39-43,45H2,1-8H3,(H2,82,101)(H,87,109)(H,88,100)(H,91,102)(H,92,104)(H,93,103)(H,94,106)(H,95,105)(H,96,108)(H,97,107)(H2,83,89,111)(H2,84,90,112);(H,6,7)/t48-,60+,61+,62-,63-,64-,65+,66-,67+,68+;/m1./s1. The zero-order valence-electron chi connectivity index (χ0n) is 67.3. The number of anilines is 2. The van der Waals surface area contributed by atoms with E-state index in [1.807, 2.05) is 70.2 Å².